The third-order valence-corrected chi connectivity index (χ3v) is 3.26. The first kappa shape index (κ1) is 26.0. The Bertz CT molecular complexity index is 1050. The van der Waals surface area contributed by atoms with Crippen molar-refractivity contribution in [2.45, 2.75) is 18.0 Å². The monoisotopic (exact) mass is 478 g/mol. The van der Waals surface area contributed by atoms with Crippen molar-refractivity contribution in [3.8, 4) is 28.7 Å². The molecule has 0 fully saturated rings. The molecule has 6 nitrogen and oxygen atoms in total. The largest absolute Gasteiger partial charge is 0.573 e. The number of hydrogen-bond donors (Lipinski definition) is 1. The predicted octanol–water partition coefficient (Wildman–Crippen LogP) is 3.75. The predicted molar refractivity (Wildman–Crippen MR) is 93.8 cm³/mol. The third kappa shape index (κ3) is 7.12. The molecule has 17 heteroatoms. The highest BCUT2D eigenvalue weighted by Gasteiger charge is 2.36. The van der Waals surface area contributed by atoms with Crippen molar-refractivity contribution < 1.29 is 64.0 Å². The van der Waals surface area contributed by atoms with Gasteiger partial charge in [-0.1, -0.05) is 0 Å². The number of alkyl halides is 6. The van der Waals surface area contributed by atoms with Gasteiger partial charge in [0.1, 0.15) is 34.9 Å². The molecule has 0 aliphatic rings. The van der Waals surface area contributed by atoms with E-state index in [0.717, 1.165) is 0 Å². The van der Waals surface area contributed by atoms with Crippen molar-refractivity contribution in [1.82, 2.24) is 0 Å². The van der Waals surface area contributed by atoms with Crippen molar-refractivity contribution >= 4 is 29.5 Å². The van der Waals surface area contributed by atoms with E-state index in [0.29, 0.717) is 24.3 Å². The maximum atomic E-state index is 14.6. The molecular weight excluding hydrogens is 473 g/mol. The summed E-state index contributed by atoms with van der Waals surface area (Å²) in [6.07, 6.45) is -10.7. The first-order valence-corrected chi connectivity index (χ1v) is 8.01. The highest BCUT2D eigenvalue weighted by atomic mass is 19.4. The average Bonchev–Trinajstić information content (AvgIpc) is 2.59. The van der Waals surface area contributed by atoms with E-state index in [1.165, 1.54) is 0 Å². The number of benzene rings is 2. The van der Waals surface area contributed by atoms with Gasteiger partial charge < -0.3 is 24.1 Å². The van der Waals surface area contributed by atoms with Crippen LogP contribution in [0.3, 0.4) is 0 Å². The third-order valence-electron chi connectivity index (χ3n) is 3.26. The van der Waals surface area contributed by atoms with E-state index in [9.17, 15) is 39.9 Å². The lowest BCUT2D eigenvalue weighted by Gasteiger charge is -2.26. The molecule has 170 valence electrons. The highest BCUT2D eigenvalue weighted by Crippen LogP contribution is 2.43. The normalized spacial score (nSPS) is 12.2. The van der Waals surface area contributed by atoms with Gasteiger partial charge in [-0.2, -0.15) is 4.39 Å². The van der Waals surface area contributed by atoms with Crippen molar-refractivity contribution in [3.05, 3.63) is 41.5 Å². The molecule has 0 amide bonds. The second-order valence-corrected chi connectivity index (χ2v) is 5.91. The van der Waals surface area contributed by atoms with Gasteiger partial charge >= 0.3 is 18.7 Å². The van der Waals surface area contributed by atoms with Gasteiger partial charge in [0, 0.05) is 0 Å². The van der Waals surface area contributed by atoms with Crippen LogP contribution >= 0.6 is 0 Å². The molecule has 2 rings (SSSR count). The van der Waals surface area contributed by atoms with E-state index in [1.54, 1.807) is 0 Å². The average molecular weight is 478 g/mol. The van der Waals surface area contributed by atoms with Crippen molar-refractivity contribution in [2.24, 2.45) is 0 Å². The minimum Gasteiger partial charge on any atom is -0.510 e. The van der Waals surface area contributed by atoms with Crippen LogP contribution in [0, 0.1) is 11.6 Å². The summed E-state index contributed by atoms with van der Waals surface area (Å²) in [6.45, 7) is 0. The molecular formula is C16H5B3F8O6. The molecule has 1 N–H and O–H groups in total. The number of carboxylic acid groups (broad SMARTS) is 1. The Morgan fingerprint density at radius 3 is 1.58 bits per heavy atom. The molecule has 0 aromatic heterocycles. The zero-order valence-electron chi connectivity index (χ0n) is 15.6. The van der Waals surface area contributed by atoms with Gasteiger partial charge in [-0.05, 0) is 29.6 Å². The molecule has 0 aliphatic carbocycles. The molecule has 0 unspecified atom stereocenters. The number of ether oxygens (including phenoxy) is 4. The van der Waals surface area contributed by atoms with Gasteiger partial charge in [0.2, 0.25) is 5.82 Å². The van der Waals surface area contributed by atoms with Crippen molar-refractivity contribution in [2.75, 3.05) is 0 Å². The maximum absolute atomic E-state index is 14.6. The zero-order chi connectivity index (χ0) is 25.4. The maximum Gasteiger partial charge on any atom is 0.573 e. The molecule has 2 aromatic carbocycles. The van der Waals surface area contributed by atoms with Crippen LogP contribution < -0.4 is 18.9 Å². The van der Waals surface area contributed by atoms with Gasteiger partial charge in [-0.3, -0.25) is 0 Å². The zero-order valence-corrected chi connectivity index (χ0v) is 15.6. The molecule has 0 atom stereocenters. The second kappa shape index (κ2) is 8.94. The van der Waals surface area contributed by atoms with E-state index in [4.69, 9.17) is 33.4 Å². The van der Waals surface area contributed by atoms with Crippen LogP contribution in [-0.4, -0.2) is 52.6 Å². The Labute approximate surface area is 182 Å². The van der Waals surface area contributed by atoms with Crippen molar-refractivity contribution in [3.63, 3.8) is 0 Å². The number of carboxylic acids is 1. The molecule has 0 heterocycles. The fraction of sp³-hybridized carbons (Fsp3) is 0.188. The Morgan fingerprint density at radius 2 is 1.15 bits per heavy atom. The topological polar surface area (TPSA) is 74.2 Å². The first-order valence-electron chi connectivity index (χ1n) is 8.01. The molecule has 0 saturated heterocycles. The number of aromatic carboxylic acids is 1. The summed E-state index contributed by atoms with van der Waals surface area (Å²) in [5, 5.41) is 6.44. The summed E-state index contributed by atoms with van der Waals surface area (Å²) >= 11 is 0. The van der Waals surface area contributed by atoms with Crippen LogP contribution in [0.2, 0.25) is 0 Å². The van der Waals surface area contributed by atoms with Crippen LogP contribution in [0.5, 0.6) is 28.7 Å². The summed E-state index contributed by atoms with van der Waals surface area (Å²) in [4.78, 5) is 11.4. The lowest BCUT2D eigenvalue weighted by Crippen LogP contribution is -2.38. The van der Waals surface area contributed by atoms with Crippen LogP contribution in [0.25, 0.3) is 0 Å². The minimum atomic E-state index is -5.38. The number of halogens is 8. The summed E-state index contributed by atoms with van der Waals surface area (Å²) in [5.41, 5.74) is -1.52. The SMILES string of the molecule is [B]C([B])([B])Oc1c(Oc2ccc(OC(F)(F)F)c(F)c2C(=O)O)ccc(OC(F)(F)F)c1F. The van der Waals surface area contributed by atoms with Crippen LogP contribution in [0.4, 0.5) is 35.1 Å². The number of carbonyl (C=O) groups is 1. The smallest absolute Gasteiger partial charge is 0.510 e. The van der Waals surface area contributed by atoms with E-state index in [-0.39, 0.29) is 0 Å². The number of hydrogen-bond acceptors (Lipinski definition) is 5. The fourth-order valence-electron chi connectivity index (χ4n) is 2.22. The summed E-state index contributed by atoms with van der Waals surface area (Å²) < 4.78 is 120. The summed E-state index contributed by atoms with van der Waals surface area (Å²) in [6, 6.07) is 1.70. The molecule has 0 spiro atoms. The lowest BCUT2D eigenvalue weighted by molar-refractivity contribution is -0.276. The summed E-state index contributed by atoms with van der Waals surface area (Å²) in [5.74, 6) is -12.5. The molecule has 0 bridgehead atoms. The van der Waals surface area contributed by atoms with Crippen molar-refractivity contribution in [1.29, 1.82) is 0 Å². The van der Waals surface area contributed by atoms with E-state index in [2.05, 4.69) is 14.2 Å². The molecule has 2 aromatic rings. The molecule has 6 radical (unpaired) electrons. The van der Waals surface area contributed by atoms with Crippen LogP contribution in [0.15, 0.2) is 24.3 Å². The van der Waals surface area contributed by atoms with Gasteiger partial charge in [0.05, 0.1) is 0 Å². The standard InChI is InChI=1S/C16H5B3F8O6/c17-14(18,19)33-12-8(4-3-7(11(12)21)32-16(25,26)27)30-5-1-2-6(31-15(22,23)24)10(20)9(5)13(28)29/h1-4H,(H,28,29). The van der Waals surface area contributed by atoms with Gasteiger partial charge in [-0.25, -0.2) is 9.18 Å². The van der Waals surface area contributed by atoms with E-state index < -0.39 is 69.9 Å². The highest BCUT2D eigenvalue weighted by molar-refractivity contribution is 6.58. The Kier molecular flexibility index (Phi) is 7.05. The Morgan fingerprint density at radius 1 is 0.727 bits per heavy atom. The van der Waals surface area contributed by atoms with Crippen LogP contribution in [-0.2, 0) is 0 Å². The van der Waals surface area contributed by atoms with E-state index in [1.807, 2.05) is 0 Å². The molecule has 33 heavy (non-hydrogen) atoms. The quantitative estimate of drug-likeness (QED) is 0.484. The Balaban J connectivity index is 2.60. The van der Waals surface area contributed by atoms with E-state index >= 15 is 0 Å². The lowest BCUT2D eigenvalue weighted by atomic mass is 9.52. The number of rotatable bonds is 7. The van der Waals surface area contributed by atoms with Gasteiger partial charge in [0.15, 0.2) is 28.8 Å². The van der Waals surface area contributed by atoms with Gasteiger partial charge in [-0.15, -0.1) is 26.3 Å². The fourth-order valence-corrected chi connectivity index (χ4v) is 2.22. The first-order chi connectivity index (χ1) is 14.9. The van der Waals surface area contributed by atoms with Crippen LogP contribution in [0.1, 0.15) is 10.4 Å². The summed E-state index contributed by atoms with van der Waals surface area (Å²) in [7, 11) is 15.4. The molecule has 0 saturated carbocycles. The van der Waals surface area contributed by atoms with Gasteiger partial charge in [0.25, 0.3) is 0 Å². The molecule has 0 aliphatic heterocycles. The Hall–Kier alpha value is -3.26. The minimum absolute atomic E-state index is 0.321. The second-order valence-electron chi connectivity index (χ2n) is 5.91.